The minimum Gasteiger partial charge on any atom is -0.453 e. The molecule has 0 radical (unpaired) electrons. The number of methoxy groups -OCH3 is 1. The number of nitrogens with zero attached hydrogens (tertiary/aromatic N) is 2. The first-order valence-corrected chi connectivity index (χ1v) is 7.70. The van der Waals surface area contributed by atoms with Crippen LogP contribution in [0.3, 0.4) is 0 Å². The van der Waals surface area contributed by atoms with Gasteiger partial charge in [-0.25, -0.2) is 4.79 Å². The molecule has 0 aliphatic carbocycles. The largest absolute Gasteiger partial charge is 0.453 e. The second-order valence-corrected chi connectivity index (χ2v) is 5.91. The van der Waals surface area contributed by atoms with E-state index < -0.39 is 0 Å². The summed E-state index contributed by atoms with van der Waals surface area (Å²) in [4.78, 5) is 27.2. The lowest BCUT2D eigenvalue weighted by atomic mass is 10.0. The molecule has 1 aliphatic heterocycles. The Kier molecular flexibility index (Phi) is 5.41. The molecule has 22 heavy (non-hydrogen) atoms. The maximum Gasteiger partial charge on any atom is 0.409 e. The van der Waals surface area contributed by atoms with E-state index in [2.05, 4.69) is 26.0 Å². The lowest BCUT2D eigenvalue weighted by molar-refractivity contribution is -0.132. The molecule has 0 unspecified atom stereocenters. The second-order valence-electron chi connectivity index (χ2n) is 5.91. The third kappa shape index (κ3) is 4.00. The summed E-state index contributed by atoms with van der Waals surface area (Å²) in [6.45, 7) is 6.51. The van der Waals surface area contributed by atoms with Gasteiger partial charge in [-0.2, -0.15) is 0 Å². The van der Waals surface area contributed by atoms with E-state index in [1.54, 1.807) is 4.90 Å². The van der Waals surface area contributed by atoms with Crippen molar-refractivity contribution < 1.29 is 14.3 Å². The van der Waals surface area contributed by atoms with Crippen LogP contribution in [-0.2, 0) is 16.0 Å². The molecule has 1 saturated heterocycles. The van der Waals surface area contributed by atoms with Gasteiger partial charge in [-0.1, -0.05) is 38.1 Å². The lowest BCUT2D eigenvalue weighted by Crippen LogP contribution is -2.50. The summed E-state index contributed by atoms with van der Waals surface area (Å²) in [6, 6.07) is 8.22. The zero-order valence-corrected chi connectivity index (χ0v) is 13.5. The van der Waals surface area contributed by atoms with Gasteiger partial charge in [0.05, 0.1) is 13.5 Å². The van der Waals surface area contributed by atoms with Crippen LogP contribution in [0.2, 0.25) is 0 Å². The first kappa shape index (κ1) is 16.3. The van der Waals surface area contributed by atoms with Crippen molar-refractivity contribution in [3.05, 3.63) is 35.4 Å². The summed E-state index contributed by atoms with van der Waals surface area (Å²) in [5.41, 5.74) is 2.31. The van der Waals surface area contributed by atoms with Crippen molar-refractivity contribution in [3.63, 3.8) is 0 Å². The van der Waals surface area contributed by atoms with Gasteiger partial charge in [0.1, 0.15) is 0 Å². The maximum atomic E-state index is 12.3. The van der Waals surface area contributed by atoms with Gasteiger partial charge in [-0.15, -0.1) is 0 Å². The number of carbonyl (C=O) groups is 2. The van der Waals surface area contributed by atoms with Crippen LogP contribution < -0.4 is 0 Å². The fourth-order valence-corrected chi connectivity index (χ4v) is 2.57. The quantitative estimate of drug-likeness (QED) is 0.860. The normalized spacial score (nSPS) is 15.1. The number of ether oxygens (including phenoxy) is 1. The van der Waals surface area contributed by atoms with Crippen molar-refractivity contribution in [1.29, 1.82) is 0 Å². The fourth-order valence-electron chi connectivity index (χ4n) is 2.57. The van der Waals surface area contributed by atoms with Crippen molar-refractivity contribution >= 4 is 12.0 Å². The van der Waals surface area contributed by atoms with Gasteiger partial charge in [0.2, 0.25) is 5.91 Å². The average Bonchev–Trinajstić information content (AvgIpc) is 2.54. The van der Waals surface area contributed by atoms with Crippen LogP contribution in [0, 0.1) is 0 Å². The van der Waals surface area contributed by atoms with Gasteiger partial charge in [0.15, 0.2) is 0 Å². The highest BCUT2D eigenvalue weighted by Gasteiger charge is 2.24. The van der Waals surface area contributed by atoms with Crippen LogP contribution in [-0.4, -0.2) is 55.1 Å². The topological polar surface area (TPSA) is 49.9 Å². The molecule has 1 aromatic rings. The highest BCUT2D eigenvalue weighted by Crippen LogP contribution is 2.15. The molecule has 2 rings (SSSR count). The predicted octanol–water partition coefficient (Wildman–Crippen LogP) is 2.26. The van der Waals surface area contributed by atoms with E-state index >= 15 is 0 Å². The average molecular weight is 304 g/mol. The number of benzene rings is 1. The number of hydrogen-bond donors (Lipinski definition) is 0. The molecule has 1 heterocycles. The molecule has 120 valence electrons. The van der Waals surface area contributed by atoms with Crippen LogP contribution in [0.25, 0.3) is 0 Å². The Balaban J connectivity index is 1.87. The van der Waals surface area contributed by atoms with E-state index in [1.807, 2.05) is 17.0 Å². The Bertz CT molecular complexity index is 517. The molecule has 2 amide bonds. The monoisotopic (exact) mass is 304 g/mol. The van der Waals surface area contributed by atoms with Crippen LogP contribution >= 0.6 is 0 Å². The first-order valence-electron chi connectivity index (χ1n) is 7.70. The maximum absolute atomic E-state index is 12.3. The highest BCUT2D eigenvalue weighted by atomic mass is 16.5. The van der Waals surface area contributed by atoms with E-state index in [1.165, 1.54) is 12.7 Å². The van der Waals surface area contributed by atoms with E-state index in [-0.39, 0.29) is 12.0 Å². The smallest absolute Gasteiger partial charge is 0.409 e. The van der Waals surface area contributed by atoms with Crippen LogP contribution in [0.15, 0.2) is 24.3 Å². The number of piperazine rings is 1. The molecule has 5 heteroatoms. The summed E-state index contributed by atoms with van der Waals surface area (Å²) in [5, 5.41) is 0. The fraction of sp³-hybridized carbons (Fsp3) is 0.529. The summed E-state index contributed by atoms with van der Waals surface area (Å²) < 4.78 is 4.70. The first-order chi connectivity index (χ1) is 10.5. The van der Waals surface area contributed by atoms with Gasteiger partial charge < -0.3 is 14.5 Å². The summed E-state index contributed by atoms with van der Waals surface area (Å²) in [5.74, 6) is 0.609. The van der Waals surface area contributed by atoms with Crippen molar-refractivity contribution in [2.75, 3.05) is 33.3 Å². The molecule has 0 saturated carbocycles. The Labute approximate surface area is 131 Å². The number of rotatable bonds is 3. The lowest BCUT2D eigenvalue weighted by Gasteiger charge is -2.33. The SMILES string of the molecule is COC(=O)N1CCN(C(=O)Cc2ccc(C(C)C)cc2)CC1. The zero-order valence-electron chi connectivity index (χ0n) is 13.5. The Hall–Kier alpha value is -2.04. The van der Waals surface area contributed by atoms with E-state index in [0.717, 1.165) is 5.56 Å². The number of amides is 2. The van der Waals surface area contributed by atoms with Gasteiger partial charge in [-0.3, -0.25) is 4.79 Å². The molecular formula is C17H24N2O3. The summed E-state index contributed by atoms with van der Waals surface area (Å²) in [7, 11) is 1.38. The molecule has 0 spiro atoms. The van der Waals surface area contributed by atoms with Gasteiger partial charge >= 0.3 is 6.09 Å². The van der Waals surface area contributed by atoms with Crippen LogP contribution in [0.1, 0.15) is 30.9 Å². The number of hydrogen-bond acceptors (Lipinski definition) is 3. The zero-order chi connectivity index (χ0) is 16.1. The molecule has 0 bridgehead atoms. The highest BCUT2D eigenvalue weighted by molar-refractivity contribution is 5.79. The summed E-state index contributed by atoms with van der Waals surface area (Å²) in [6.07, 6.45) is 0.0905. The van der Waals surface area contributed by atoms with Crippen LogP contribution in [0.4, 0.5) is 4.79 Å². The van der Waals surface area contributed by atoms with E-state index in [4.69, 9.17) is 4.74 Å². The molecule has 1 aliphatic rings. The minimum absolute atomic E-state index is 0.113. The standard InChI is InChI=1S/C17H24N2O3/c1-13(2)15-6-4-14(5-7-15)12-16(20)18-8-10-19(11-9-18)17(21)22-3/h4-7,13H,8-12H2,1-3H3. The van der Waals surface area contributed by atoms with Crippen molar-refractivity contribution in [1.82, 2.24) is 9.80 Å². The summed E-state index contributed by atoms with van der Waals surface area (Å²) >= 11 is 0. The van der Waals surface area contributed by atoms with Crippen molar-refractivity contribution in [3.8, 4) is 0 Å². The molecule has 1 aromatic carbocycles. The van der Waals surface area contributed by atoms with Crippen molar-refractivity contribution in [2.45, 2.75) is 26.2 Å². The molecule has 0 atom stereocenters. The predicted molar refractivity (Wildman–Crippen MR) is 84.8 cm³/mol. The Morgan fingerprint density at radius 1 is 1.05 bits per heavy atom. The molecule has 5 nitrogen and oxygen atoms in total. The third-order valence-electron chi connectivity index (χ3n) is 4.07. The van der Waals surface area contributed by atoms with Gasteiger partial charge in [-0.05, 0) is 17.0 Å². The Morgan fingerprint density at radius 3 is 2.09 bits per heavy atom. The van der Waals surface area contributed by atoms with Crippen molar-refractivity contribution in [2.24, 2.45) is 0 Å². The minimum atomic E-state index is -0.323. The number of carbonyl (C=O) groups excluding carboxylic acids is 2. The molecule has 1 fully saturated rings. The van der Waals surface area contributed by atoms with E-state index in [0.29, 0.717) is 38.5 Å². The van der Waals surface area contributed by atoms with Gasteiger partial charge in [0, 0.05) is 26.2 Å². The molecular weight excluding hydrogens is 280 g/mol. The molecule has 0 aromatic heterocycles. The second kappa shape index (κ2) is 7.29. The Morgan fingerprint density at radius 2 is 1.59 bits per heavy atom. The molecule has 0 N–H and O–H groups in total. The van der Waals surface area contributed by atoms with Gasteiger partial charge in [0.25, 0.3) is 0 Å². The van der Waals surface area contributed by atoms with E-state index in [9.17, 15) is 9.59 Å². The third-order valence-corrected chi connectivity index (χ3v) is 4.07. The van der Waals surface area contributed by atoms with Crippen LogP contribution in [0.5, 0.6) is 0 Å².